The van der Waals surface area contributed by atoms with Crippen molar-refractivity contribution in [3.8, 4) is 0 Å². The zero-order valence-corrected chi connectivity index (χ0v) is 20.7. The lowest BCUT2D eigenvalue weighted by Crippen LogP contribution is -2.48. The Morgan fingerprint density at radius 1 is 1.22 bits per heavy atom. The van der Waals surface area contributed by atoms with E-state index in [1.807, 2.05) is 0 Å². The fourth-order valence-electron chi connectivity index (χ4n) is 3.57. The summed E-state index contributed by atoms with van der Waals surface area (Å²) in [6, 6.07) is -0.0271. The molecule has 3 atom stereocenters. The summed E-state index contributed by atoms with van der Waals surface area (Å²) in [5.41, 5.74) is 0.479. The van der Waals surface area contributed by atoms with E-state index >= 15 is 0 Å². The lowest BCUT2D eigenvalue weighted by Gasteiger charge is -2.25. The van der Waals surface area contributed by atoms with E-state index in [0.29, 0.717) is 5.69 Å². The minimum atomic E-state index is -2.96. The predicted octanol–water partition coefficient (Wildman–Crippen LogP) is 0.352. The number of nitrogens with zero attached hydrogens (tertiary/aromatic N) is 2. The minimum absolute atomic E-state index is 0.0508. The Balaban J connectivity index is 1.84. The van der Waals surface area contributed by atoms with Crippen LogP contribution in [0.4, 0.5) is 8.78 Å². The Morgan fingerprint density at radius 3 is 2.47 bits per heavy atom. The molecule has 4 N–H and O–H groups in total. The second kappa shape index (κ2) is 12.6. The number of thiol groups is 1. The fraction of sp³-hybridized carbons (Fsp3) is 0.545. The van der Waals surface area contributed by atoms with Gasteiger partial charge in [-0.3, -0.25) is 24.2 Å². The third-order valence-corrected chi connectivity index (χ3v) is 5.83. The second-order valence-electron chi connectivity index (χ2n) is 8.52. The second-order valence-corrected chi connectivity index (χ2v) is 8.89. The van der Waals surface area contributed by atoms with Crippen LogP contribution in [0.1, 0.15) is 49.2 Å². The molecule has 0 bridgehead atoms. The van der Waals surface area contributed by atoms with Gasteiger partial charge in [0.2, 0.25) is 17.7 Å². The Kier molecular flexibility index (Phi) is 10.1. The van der Waals surface area contributed by atoms with E-state index in [-0.39, 0.29) is 30.7 Å². The first-order valence-electron chi connectivity index (χ1n) is 11.2. The molecule has 36 heavy (non-hydrogen) atoms. The summed E-state index contributed by atoms with van der Waals surface area (Å²) in [7, 11) is 0. The third kappa shape index (κ3) is 8.43. The molecule has 1 aliphatic rings. The highest BCUT2D eigenvalue weighted by atomic mass is 32.1. The van der Waals surface area contributed by atoms with Crippen LogP contribution in [-0.2, 0) is 25.7 Å². The zero-order valence-electron chi connectivity index (χ0n) is 19.8. The van der Waals surface area contributed by atoms with Crippen LogP contribution in [0.15, 0.2) is 18.3 Å². The van der Waals surface area contributed by atoms with Crippen molar-refractivity contribution < 1.29 is 37.9 Å². The van der Waals surface area contributed by atoms with Gasteiger partial charge in [-0.1, -0.05) is 0 Å². The molecule has 0 aromatic carbocycles. The average Bonchev–Trinajstić information content (AvgIpc) is 3.10. The molecule has 1 aromatic heterocycles. The molecular weight excluding hydrogens is 500 g/mol. The van der Waals surface area contributed by atoms with E-state index < -0.39 is 66.6 Å². The van der Waals surface area contributed by atoms with Crippen LogP contribution in [0.25, 0.3) is 0 Å². The van der Waals surface area contributed by atoms with Gasteiger partial charge in [0, 0.05) is 42.8 Å². The van der Waals surface area contributed by atoms with Gasteiger partial charge in [-0.2, -0.15) is 12.6 Å². The number of carboxylic acid groups (broad SMARTS) is 1. The highest BCUT2D eigenvalue weighted by molar-refractivity contribution is 7.80. The number of hydrogen-bond donors (Lipinski definition) is 5. The molecule has 1 fully saturated rings. The number of carboxylic acids is 1. The summed E-state index contributed by atoms with van der Waals surface area (Å²) >= 11 is 3.84. The molecule has 1 saturated heterocycles. The van der Waals surface area contributed by atoms with Gasteiger partial charge < -0.3 is 26.0 Å². The van der Waals surface area contributed by atoms with Gasteiger partial charge in [0.15, 0.2) is 0 Å². The smallest absolute Gasteiger partial charge is 0.327 e. The number of aliphatic carboxylic acids is 1. The molecule has 198 valence electrons. The largest absolute Gasteiger partial charge is 0.480 e. The van der Waals surface area contributed by atoms with Gasteiger partial charge in [0.25, 0.3) is 11.8 Å². The van der Waals surface area contributed by atoms with E-state index in [4.69, 9.17) is 5.11 Å². The van der Waals surface area contributed by atoms with Gasteiger partial charge >= 0.3 is 5.97 Å². The lowest BCUT2D eigenvalue weighted by atomic mass is 10.2. The maximum atomic E-state index is 13.6. The molecule has 1 aromatic rings. The van der Waals surface area contributed by atoms with Crippen LogP contribution in [-0.4, -0.2) is 80.9 Å². The van der Waals surface area contributed by atoms with E-state index in [1.165, 1.54) is 32.2 Å². The molecule has 0 spiro atoms. The summed E-state index contributed by atoms with van der Waals surface area (Å²) < 4.78 is 27.2. The molecular formula is C22H29F2N5O6S. The lowest BCUT2D eigenvalue weighted by molar-refractivity contribution is -0.141. The Bertz CT molecular complexity index is 1010. The van der Waals surface area contributed by atoms with Gasteiger partial charge in [0.1, 0.15) is 12.1 Å². The highest BCUT2D eigenvalue weighted by Gasteiger charge is 2.45. The molecule has 4 amide bonds. The third-order valence-electron chi connectivity index (χ3n) is 5.47. The van der Waals surface area contributed by atoms with Crippen molar-refractivity contribution in [2.24, 2.45) is 0 Å². The first-order valence-corrected chi connectivity index (χ1v) is 11.8. The summed E-state index contributed by atoms with van der Waals surface area (Å²) in [6.45, 7) is 2.20. The fourth-order valence-corrected chi connectivity index (χ4v) is 3.82. The van der Waals surface area contributed by atoms with Crippen molar-refractivity contribution in [1.82, 2.24) is 25.8 Å². The van der Waals surface area contributed by atoms with Crippen LogP contribution in [0.2, 0.25) is 0 Å². The number of alkyl halides is 2. The SMILES string of the molecule is C[C@@H]1CC(F)(F)CN1C(=O)[C@@H](C)NC(=O)c1ccnc(CNC(=O)CCC(=O)NC(CS)C(=O)O)c1. The molecule has 2 rings (SSSR count). The standard InChI is InChI=1S/C22H29F2N5O6S/c1-12-8-22(23,24)11-29(12)20(33)13(2)27-19(32)14-5-6-25-15(7-14)9-26-17(30)3-4-18(31)28-16(10-36)21(34)35/h5-7,12-13,16,36H,3-4,8-11H2,1-2H3,(H,26,30)(H,27,32)(H,28,31)(H,34,35)/t12-,13-,16?/m1/s1. The summed E-state index contributed by atoms with van der Waals surface area (Å²) in [4.78, 5) is 64.9. The van der Waals surface area contributed by atoms with E-state index in [9.17, 15) is 32.8 Å². The van der Waals surface area contributed by atoms with Crippen molar-refractivity contribution in [2.45, 2.75) is 63.7 Å². The van der Waals surface area contributed by atoms with Gasteiger partial charge in [-0.15, -0.1) is 0 Å². The van der Waals surface area contributed by atoms with Gasteiger partial charge in [0.05, 0.1) is 18.8 Å². The van der Waals surface area contributed by atoms with Crippen LogP contribution < -0.4 is 16.0 Å². The maximum absolute atomic E-state index is 13.6. The Hall–Kier alpha value is -3.29. The quantitative estimate of drug-likeness (QED) is 0.259. The van der Waals surface area contributed by atoms with Crippen molar-refractivity contribution in [3.63, 3.8) is 0 Å². The number of hydrogen-bond acceptors (Lipinski definition) is 7. The van der Waals surface area contributed by atoms with E-state index in [1.54, 1.807) is 0 Å². The number of pyridine rings is 1. The normalized spacial score (nSPS) is 18.1. The molecule has 11 nitrogen and oxygen atoms in total. The molecule has 0 saturated carbocycles. The molecule has 1 aliphatic heterocycles. The van der Waals surface area contributed by atoms with Crippen LogP contribution >= 0.6 is 12.6 Å². The van der Waals surface area contributed by atoms with E-state index in [0.717, 1.165) is 4.90 Å². The number of likely N-dealkylation sites (tertiary alicyclic amines) is 1. The first-order chi connectivity index (χ1) is 16.8. The molecule has 1 unspecified atom stereocenters. The predicted molar refractivity (Wildman–Crippen MR) is 126 cm³/mol. The number of nitrogens with one attached hydrogen (secondary N) is 3. The van der Waals surface area contributed by atoms with Gasteiger partial charge in [-0.25, -0.2) is 13.6 Å². The number of carbonyl (C=O) groups is 5. The minimum Gasteiger partial charge on any atom is -0.480 e. The van der Waals surface area contributed by atoms with Gasteiger partial charge in [-0.05, 0) is 26.0 Å². The number of rotatable bonds is 11. The highest BCUT2D eigenvalue weighted by Crippen LogP contribution is 2.32. The number of carbonyl (C=O) groups excluding carboxylic acids is 4. The van der Waals surface area contributed by atoms with Crippen LogP contribution in [0.3, 0.4) is 0 Å². The van der Waals surface area contributed by atoms with Crippen LogP contribution in [0, 0.1) is 0 Å². The van der Waals surface area contributed by atoms with Crippen molar-refractivity contribution in [2.75, 3.05) is 12.3 Å². The monoisotopic (exact) mass is 529 g/mol. The molecule has 0 aliphatic carbocycles. The Labute approximate surface area is 211 Å². The van der Waals surface area contributed by atoms with Crippen LogP contribution in [0.5, 0.6) is 0 Å². The summed E-state index contributed by atoms with van der Waals surface area (Å²) in [5, 5.41) is 16.2. The zero-order chi connectivity index (χ0) is 27.0. The first kappa shape index (κ1) is 28.9. The Morgan fingerprint density at radius 2 is 1.89 bits per heavy atom. The maximum Gasteiger partial charge on any atom is 0.327 e. The average molecular weight is 530 g/mol. The number of halogens is 2. The number of aromatic nitrogens is 1. The number of amides is 4. The van der Waals surface area contributed by atoms with Crippen molar-refractivity contribution in [3.05, 3.63) is 29.6 Å². The summed E-state index contributed by atoms with van der Waals surface area (Å²) in [5.74, 6) is -6.61. The molecule has 0 radical (unpaired) electrons. The van der Waals surface area contributed by atoms with E-state index in [2.05, 4.69) is 33.6 Å². The topological polar surface area (TPSA) is 158 Å². The molecule has 2 heterocycles. The summed E-state index contributed by atoms with van der Waals surface area (Å²) in [6.07, 6.45) is 0.482. The van der Waals surface area contributed by atoms with Crippen molar-refractivity contribution in [1.29, 1.82) is 0 Å². The van der Waals surface area contributed by atoms with Crippen molar-refractivity contribution >= 4 is 42.2 Å². The molecule has 14 heteroatoms.